The van der Waals surface area contributed by atoms with Gasteiger partial charge in [0.15, 0.2) is 0 Å². The van der Waals surface area contributed by atoms with Crippen LogP contribution in [-0.4, -0.2) is 16.4 Å². The molecule has 0 aromatic carbocycles. The molecular formula is C16H21N3O2S. The van der Waals surface area contributed by atoms with E-state index < -0.39 is 0 Å². The van der Waals surface area contributed by atoms with Crippen LogP contribution in [-0.2, 0) is 23.2 Å². The number of nitrogens with one attached hydrogen (secondary N) is 2. The summed E-state index contributed by atoms with van der Waals surface area (Å²) in [5.74, 6) is -0.213. The van der Waals surface area contributed by atoms with Crippen LogP contribution >= 0.6 is 11.3 Å². The van der Waals surface area contributed by atoms with E-state index in [9.17, 15) is 9.59 Å². The third-order valence-corrected chi connectivity index (χ3v) is 4.58. The molecule has 0 aliphatic rings. The summed E-state index contributed by atoms with van der Waals surface area (Å²) < 4.78 is 2.05. The fraction of sp³-hybridized carbons (Fsp3) is 0.375. The molecule has 0 unspecified atom stereocenters. The van der Waals surface area contributed by atoms with Gasteiger partial charge in [0, 0.05) is 30.2 Å². The molecule has 2 N–H and O–H groups in total. The highest BCUT2D eigenvalue weighted by molar-refractivity contribution is 7.10. The van der Waals surface area contributed by atoms with Crippen LogP contribution in [0, 0.1) is 6.92 Å². The zero-order valence-electron chi connectivity index (χ0n) is 13.1. The predicted molar refractivity (Wildman–Crippen MR) is 87.5 cm³/mol. The van der Waals surface area contributed by atoms with Crippen molar-refractivity contribution in [2.75, 3.05) is 0 Å². The molecule has 2 heterocycles. The zero-order valence-corrected chi connectivity index (χ0v) is 13.9. The van der Waals surface area contributed by atoms with Crippen LogP contribution in [0.3, 0.4) is 0 Å². The molecule has 1 atom stereocenters. The fourth-order valence-corrected chi connectivity index (χ4v) is 3.03. The van der Waals surface area contributed by atoms with Crippen molar-refractivity contribution >= 4 is 23.2 Å². The smallest absolute Gasteiger partial charge is 0.222 e. The Kier molecular flexibility index (Phi) is 5.38. The van der Waals surface area contributed by atoms with Crippen LogP contribution in [0.1, 0.15) is 35.7 Å². The Morgan fingerprint density at radius 2 is 2.09 bits per heavy atom. The van der Waals surface area contributed by atoms with Gasteiger partial charge < -0.3 is 15.2 Å². The molecule has 0 fully saturated rings. The molecule has 2 amide bonds. The van der Waals surface area contributed by atoms with E-state index in [0.717, 1.165) is 16.3 Å². The van der Waals surface area contributed by atoms with Gasteiger partial charge in [-0.15, -0.1) is 11.3 Å². The fourth-order valence-electron chi connectivity index (χ4n) is 2.25. The second-order valence-corrected chi connectivity index (χ2v) is 6.25. The Morgan fingerprint density at radius 1 is 1.32 bits per heavy atom. The highest BCUT2D eigenvalue weighted by Crippen LogP contribution is 2.22. The molecule has 6 heteroatoms. The normalized spacial score (nSPS) is 12.0. The van der Waals surface area contributed by atoms with E-state index in [1.54, 1.807) is 0 Å². The van der Waals surface area contributed by atoms with Gasteiger partial charge in [-0.25, -0.2) is 0 Å². The number of hydrogen-bond acceptors (Lipinski definition) is 3. The third-order valence-electron chi connectivity index (χ3n) is 3.60. The Bertz CT molecular complexity index is 646. The van der Waals surface area contributed by atoms with Crippen LogP contribution in [0.4, 0.5) is 0 Å². The van der Waals surface area contributed by atoms with Gasteiger partial charge in [-0.1, -0.05) is 6.07 Å². The molecule has 0 aliphatic heterocycles. The van der Waals surface area contributed by atoms with Gasteiger partial charge in [0.25, 0.3) is 0 Å². The summed E-state index contributed by atoms with van der Waals surface area (Å²) in [5.41, 5.74) is 2.21. The van der Waals surface area contributed by atoms with E-state index >= 15 is 0 Å². The van der Waals surface area contributed by atoms with Gasteiger partial charge in [-0.05, 0) is 30.5 Å². The van der Waals surface area contributed by atoms with Crippen molar-refractivity contribution in [1.82, 2.24) is 15.2 Å². The summed E-state index contributed by atoms with van der Waals surface area (Å²) in [6.07, 6.45) is 0.240. The largest absolute Gasteiger partial charge is 0.350 e. The molecule has 0 bridgehead atoms. The first-order valence-corrected chi connectivity index (χ1v) is 8.03. The van der Waals surface area contributed by atoms with Gasteiger partial charge in [0.1, 0.15) is 0 Å². The standard InChI is InChI=1S/C16H21N3O2S/c1-11-6-7-13(19(11)3)10-17-16(21)9-14(18-12(2)20)15-5-4-8-22-15/h4-8,14H,9-10H2,1-3H3,(H,17,21)(H,18,20)/t14-/m0/s1. The number of aryl methyl sites for hydroxylation is 1. The van der Waals surface area contributed by atoms with Crippen LogP contribution in [0.25, 0.3) is 0 Å². The van der Waals surface area contributed by atoms with Crippen LogP contribution < -0.4 is 10.6 Å². The van der Waals surface area contributed by atoms with Crippen molar-refractivity contribution < 1.29 is 9.59 Å². The van der Waals surface area contributed by atoms with Crippen molar-refractivity contribution in [2.45, 2.75) is 32.9 Å². The number of amides is 2. The second kappa shape index (κ2) is 7.26. The van der Waals surface area contributed by atoms with Crippen molar-refractivity contribution in [2.24, 2.45) is 7.05 Å². The highest BCUT2D eigenvalue weighted by atomic mass is 32.1. The van der Waals surface area contributed by atoms with Crippen molar-refractivity contribution in [3.8, 4) is 0 Å². The minimum absolute atomic E-state index is 0.0778. The Morgan fingerprint density at radius 3 is 2.64 bits per heavy atom. The van der Waals surface area contributed by atoms with Crippen LogP contribution in [0.15, 0.2) is 29.6 Å². The predicted octanol–water partition coefficient (Wildman–Crippen LogP) is 2.28. The minimum atomic E-state index is -0.271. The quantitative estimate of drug-likeness (QED) is 0.858. The summed E-state index contributed by atoms with van der Waals surface area (Å²) in [4.78, 5) is 24.5. The lowest BCUT2D eigenvalue weighted by molar-refractivity contribution is -0.122. The number of carbonyl (C=O) groups excluding carboxylic acids is 2. The lowest BCUT2D eigenvalue weighted by Crippen LogP contribution is -2.32. The van der Waals surface area contributed by atoms with Gasteiger partial charge in [-0.2, -0.15) is 0 Å². The molecule has 2 aromatic rings. The molecule has 0 aliphatic carbocycles. The van der Waals surface area contributed by atoms with E-state index in [0.29, 0.717) is 6.54 Å². The molecule has 0 radical (unpaired) electrons. The summed E-state index contributed by atoms with van der Waals surface area (Å²) in [5, 5.41) is 7.68. The van der Waals surface area contributed by atoms with Crippen molar-refractivity contribution in [1.29, 1.82) is 0 Å². The summed E-state index contributed by atoms with van der Waals surface area (Å²) in [6.45, 7) is 3.97. The van der Waals surface area contributed by atoms with E-state index in [1.165, 1.54) is 18.3 Å². The maximum absolute atomic E-state index is 12.2. The Labute approximate surface area is 134 Å². The molecule has 2 aromatic heterocycles. The maximum atomic E-state index is 12.2. The summed E-state index contributed by atoms with van der Waals surface area (Å²) in [7, 11) is 1.97. The molecular weight excluding hydrogens is 298 g/mol. The first kappa shape index (κ1) is 16.3. The molecule has 2 rings (SSSR count). The SMILES string of the molecule is CC(=O)N[C@@H](CC(=O)NCc1ccc(C)n1C)c1cccs1. The van der Waals surface area contributed by atoms with E-state index in [2.05, 4.69) is 10.6 Å². The highest BCUT2D eigenvalue weighted by Gasteiger charge is 2.18. The number of thiophene rings is 1. The number of carbonyl (C=O) groups is 2. The molecule has 22 heavy (non-hydrogen) atoms. The van der Waals surface area contributed by atoms with Gasteiger partial charge >= 0.3 is 0 Å². The maximum Gasteiger partial charge on any atom is 0.222 e. The topological polar surface area (TPSA) is 63.1 Å². The number of nitrogens with zero attached hydrogens (tertiary/aromatic N) is 1. The zero-order chi connectivity index (χ0) is 16.1. The lowest BCUT2D eigenvalue weighted by Gasteiger charge is -2.16. The average molecular weight is 319 g/mol. The molecule has 118 valence electrons. The summed E-state index contributed by atoms with van der Waals surface area (Å²) >= 11 is 1.54. The average Bonchev–Trinajstić information content (AvgIpc) is 3.08. The first-order valence-electron chi connectivity index (χ1n) is 7.15. The lowest BCUT2D eigenvalue weighted by atomic mass is 10.1. The van der Waals surface area contributed by atoms with E-state index in [-0.39, 0.29) is 24.3 Å². The van der Waals surface area contributed by atoms with Crippen molar-refractivity contribution in [3.63, 3.8) is 0 Å². The second-order valence-electron chi connectivity index (χ2n) is 5.27. The molecule has 0 spiro atoms. The Balaban J connectivity index is 1.93. The Hall–Kier alpha value is -2.08. The van der Waals surface area contributed by atoms with Gasteiger partial charge in [0.05, 0.1) is 19.0 Å². The summed E-state index contributed by atoms with van der Waals surface area (Å²) in [6, 6.07) is 7.60. The first-order chi connectivity index (χ1) is 10.5. The van der Waals surface area contributed by atoms with Crippen LogP contribution in [0.5, 0.6) is 0 Å². The molecule has 0 saturated carbocycles. The van der Waals surface area contributed by atoms with Crippen molar-refractivity contribution in [3.05, 3.63) is 45.9 Å². The van der Waals surface area contributed by atoms with Gasteiger partial charge in [-0.3, -0.25) is 9.59 Å². The van der Waals surface area contributed by atoms with Gasteiger partial charge in [0.2, 0.25) is 11.8 Å². The number of aromatic nitrogens is 1. The van der Waals surface area contributed by atoms with E-state index in [4.69, 9.17) is 0 Å². The van der Waals surface area contributed by atoms with E-state index in [1.807, 2.05) is 48.2 Å². The molecule has 5 nitrogen and oxygen atoms in total. The monoisotopic (exact) mass is 319 g/mol. The minimum Gasteiger partial charge on any atom is -0.350 e. The van der Waals surface area contributed by atoms with Crippen LogP contribution in [0.2, 0.25) is 0 Å². The third kappa shape index (κ3) is 4.21. The number of hydrogen-bond donors (Lipinski definition) is 2. The molecule has 0 saturated heterocycles. The number of rotatable bonds is 6.